The average molecular weight is 250 g/mol. The molecule has 1 aromatic carbocycles. The van der Waals surface area contributed by atoms with Crippen molar-refractivity contribution >= 4 is 5.91 Å². The smallest absolute Gasteiger partial charge is 0.224 e. The Morgan fingerprint density at radius 3 is 2.44 bits per heavy atom. The Kier molecular flexibility index (Phi) is 5.65. The molecule has 0 aromatic heterocycles. The van der Waals surface area contributed by atoms with Crippen molar-refractivity contribution in [3.8, 4) is 5.75 Å². The summed E-state index contributed by atoms with van der Waals surface area (Å²) in [6.45, 7) is 4.32. The second kappa shape index (κ2) is 7.01. The van der Waals surface area contributed by atoms with E-state index >= 15 is 0 Å². The zero-order valence-electron chi connectivity index (χ0n) is 11.3. The molecule has 0 aliphatic rings. The minimum Gasteiger partial charge on any atom is -0.497 e. The maximum Gasteiger partial charge on any atom is 0.224 e. The Morgan fingerprint density at radius 2 is 2.00 bits per heavy atom. The lowest BCUT2D eigenvalue weighted by molar-refractivity contribution is -0.125. The van der Waals surface area contributed by atoms with Gasteiger partial charge in [-0.2, -0.15) is 0 Å². The topological polar surface area (TPSA) is 64.4 Å². The zero-order chi connectivity index (χ0) is 13.5. The maximum absolute atomic E-state index is 11.9. The van der Waals surface area contributed by atoms with Crippen molar-refractivity contribution in [3.63, 3.8) is 0 Å². The molecule has 0 fully saturated rings. The fraction of sp³-hybridized carbons (Fsp3) is 0.500. The number of rotatable bonds is 6. The van der Waals surface area contributed by atoms with Crippen LogP contribution in [0.1, 0.15) is 31.9 Å². The van der Waals surface area contributed by atoms with Crippen LogP contribution in [0.3, 0.4) is 0 Å². The van der Waals surface area contributed by atoms with Crippen LogP contribution in [0.15, 0.2) is 24.3 Å². The van der Waals surface area contributed by atoms with E-state index in [1.54, 1.807) is 7.11 Å². The molecule has 0 spiro atoms. The van der Waals surface area contributed by atoms with Crippen LogP contribution in [0, 0.1) is 5.92 Å². The molecule has 18 heavy (non-hydrogen) atoms. The highest BCUT2D eigenvalue weighted by Crippen LogP contribution is 2.17. The lowest BCUT2D eigenvalue weighted by Crippen LogP contribution is -2.36. The fourth-order valence-corrected chi connectivity index (χ4v) is 1.77. The lowest BCUT2D eigenvalue weighted by atomic mass is 10.0. The van der Waals surface area contributed by atoms with Crippen molar-refractivity contribution in [2.75, 3.05) is 13.7 Å². The highest BCUT2D eigenvalue weighted by molar-refractivity contribution is 5.79. The molecule has 4 heteroatoms. The van der Waals surface area contributed by atoms with Crippen LogP contribution in [-0.4, -0.2) is 19.6 Å². The Bertz CT molecular complexity index is 372. The van der Waals surface area contributed by atoms with Crippen molar-refractivity contribution in [2.45, 2.75) is 26.3 Å². The molecule has 1 amide bonds. The number of ether oxygens (including phenoxy) is 1. The van der Waals surface area contributed by atoms with Crippen molar-refractivity contribution in [1.82, 2.24) is 5.32 Å². The highest BCUT2D eigenvalue weighted by Gasteiger charge is 2.17. The molecule has 1 aromatic rings. The van der Waals surface area contributed by atoms with Crippen LogP contribution in [0.4, 0.5) is 0 Å². The fourth-order valence-electron chi connectivity index (χ4n) is 1.77. The highest BCUT2D eigenvalue weighted by atomic mass is 16.5. The van der Waals surface area contributed by atoms with Crippen LogP contribution in [-0.2, 0) is 4.79 Å². The summed E-state index contributed by atoms with van der Waals surface area (Å²) in [5.74, 6) is 0.722. The molecule has 4 nitrogen and oxygen atoms in total. The molecule has 1 unspecified atom stereocenters. The molecule has 0 radical (unpaired) electrons. The standard InChI is InChI=1S/C14H22N2O2/c1-4-11(9-15)14(17)16-10(2)12-5-7-13(18-3)8-6-12/h5-8,10-11H,4,9,15H2,1-3H3,(H,16,17)/t10-,11?/m1/s1. The summed E-state index contributed by atoms with van der Waals surface area (Å²) < 4.78 is 5.10. The van der Waals surface area contributed by atoms with Gasteiger partial charge in [-0.15, -0.1) is 0 Å². The molecule has 0 saturated carbocycles. The molecule has 0 heterocycles. The summed E-state index contributed by atoms with van der Waals surface area (Å²) in [5.41, 5.74) is 6.61. The summed E-state index contributed by atoms with van der Waals surface area (Å²) in [6, 6.07) is 7.65. The summed E-state index contributed by atoms with van der Waals surface area (Å²) >= 11 is 0. The number of hydrogen-bond acceptors (Lipinski definition) is 3. The number of nitrogens with one attached hydrogen (secondary N) is 1. The number of methoxy groups -OCH3 is 1. The number of nitrogens with two attached hydrogens (primary N) is 1. The molecule has 0 bridgehead atoms. The quantitative estimate of drug-likeness (QED) is 0.810. The van der Waals surface area contributed by atoms with Gasteiger partial charge in [0.1, 0.15) is 5.75 Å². The van der Waals surface area contributed by atoms with Gasteiger partial charge in [0.15, 0.2) is 0 Å². The minimum atomic E-state index is -0.106. The predicted octanol–water partition coefficient (Wildman–Crippen LogP) is 1.86. The van der Waals surface area contributed by atoms with E-state index in [1.165, 1.54) is 0 Å². The molecule has 2 atom stereocenters. The molecule has 3 N–H and O–H groups in total. The molecular weight excluding hydrogens is 228 g/mol. The third kappa shape index (κ3) is 3.74. The normalized spacial score (nSPS) is 13.8. The van der Waals surface area contributed by atoms with E-state index < -0.39 is 0 Å². The molecule has 1 rings (SSSR count). The molecule has 0 aliphatic heterocycles. The Labute approximate surface area is 109 Å². The van der Waals surface area contributed by atoms with Gasteiger partial charge < -0.3 is 15.8 Å². The van der Waals surface area contributed by atoms with Gasteiger partial charge in [0.25, 0.3) is 0 Å². The van der Waals surface area contributed by atoms with Gasteiger partial charge in [-0.3, -0.25) is 4.79 Å². The SMILES string of the molecule is CCC(CN)C(=O)N[C@H](C)c1ccc(OC)cc1. The van der Waals surface area contributed by atoms with E-state index in [0.29, 0.717) is 6.54 Å². The predicted molar refractivity (Wildman–Crippen MR) is 72.4 cm³/mol. The van der Waals surface area contributed by atoms with Gasteiger partial charge in [0, 0.05) is 12.5 Å². The minimum absolute atomic E-state index is 0.0170. The van der Waals surface area contributed by atoms with Crippen LogP contribution in [0.25, 0.3) is 0 Å². The molecule has 0 aliphatic carbocycles. The van der Waals surface area contributed by atoms with E-state index in [2.05, 4.69) is 5.32 Å². The Balaban J connectivity index is 2.63. The largest absolute Gasteiger partial charge is 0.497 e. The number of carbonyl (C=O) groups excluding carboxylic acids is 1. The zero-order valence-corrected chi connectivity index (χ0v) is 11.3. The van der Waals surface area contributed by atoms with Gasteiger partial charge in [0.05, 0.1) is 13.2 Å². The van der Waals surface area contributed by atoms with E-state index in [9.17, 15) is 4.79 Å². The van der Waals surface area contributed by atoms with Gasteiger partial charge in [0.2, 0.25) is 5.91 Å². The number of hydrogen-bond donors (Lipinski definition) is 2. The van der Waals surface area contributed by atoms with E-state index in [-0.39, 0.29) is 17.9 Å². The summed E-state index contributed by atoms with van der Waals surface area (Å²) in [6.07, 6.45) is 0.762. The van der Waals surface area contributed by atoms with Crippen molar-refractivity contribution < 1.29 is 9.53 Å². The van der Waals surface area contributed by atoms with Crippen LogP contribution in [0.5, 0.6) is 5.75 Å². The van der Waals surface area contributed by atoms with Crippen molar-refractivity contribution in [1.29, 1.82) is 0 Å². The first-order valence-electron chi connectivity index (χ1n) is 6.26. The first-order valence-corrected chi connectivity index (χ1v) is 6.26. The first kappa shape index (κ1) is 14.5. The van der Waals surface area contributed by atoms with E-state index in [0.717, 1.165) is 17.7 Å². The molecular formula is C14H22N2O2. The third-order valence-corrected chi connectivity index (χ3v) is 3.12. The molecule has 0 saturated heterocycles. The second-order valence-corrected chi connectivity index (χ2v) is 4.34. The van der Waals surface area contributed by atoms with E-state index in [1.807, 2.05) is 38.1 Å². The van der Waals surface area contributed by atoms with Gasteiger partial charge in [-0.1, -0.05) is 19.1 Å². The Hall–Kier alpha value is -1.55. The summed E-state index contributed by atoms with van der Waals surface area (Å²) in [5, 5.41) is 2.98. The number of benzene rings is 1. The van der Waals surface area contributed by atoms with Crippen LogP contribution < -0.4 is 15.8 Å². The second-order valence-electron chi connectivity index (χ2n) is 4.34. The number of amides is 1. The van der Waals surface area contributed by atoms with Gasteiger partial charge in [-0.25, -0.2) is 0 Å². The van der Waals surface area contributed by atoms with Gasteiger partial charge >= 0.3 is 0 Å². The summed E-state index contributed by atoms with van der Waals surface area (Å²) in [4.78, 5) is 11.9. The van der Waals surface area contributed by atoms with Crippen LogP contribution >= 0.6 is 0 Å². The lowest BCUT2D eigenvalue weighted by Gasteiger charge is -2.18. The Morgan fingerprint density at radius 1 is 1.39 bits per heavy atom. The van der Waals surface area contributed by atoms with Crippen molar-refractivity contribution in [3.05, 3.63) is 29.8 Å². The summed E-state index contributed by atoms with van der Waals surface area (Å²) in [7, 11) is 1.63. The average Bonchev–Trinajstić information content (AvgIpc) is 2.40. The maximum atomic E-state index is 11.9. The van der Waals surface area contributed by atoms with Crippen LogP contribution in [0.2, 0.25) is 0 Å². The third-order valence-electron chi connectivity index (χ3n) is 3.12. The number of carbonyl (C=O) groups is 1. The van der Waals surface area contributed by atoms with Crippen molar-refractivity contribution in [2.24, 2.45) is 11.7 Å². The monoisotopic (exact) mass is 250 g/mol. The van der Waals surface area contributed by atoms with E-state index in [4.69, 9.17) is 10.5 Å². The first-order chi connectivity index (χ1) is 8.62. The molecule has 100 valence electrons. The van der Waals surface area contributed by atoms with Gasteiger partial charge in [-0.05, 0) is 31.0 Å².